The molecule has 2 aliphatic rings. The number of fused-ring (bicyclic) bond motifs is 4. The second kappa shape index (κ2) is 9.55. The molecule has 0 radical (unpaired) electrons. The number of amides is 1. The number of methoxy groups -OCH3 is 2. The van der Waals surface area contributed by atoms with Crippen LogP contribution in [0.2, 0.25) is 0 Å². The molecule has 7 nitrogen and oxygen atoms in total. The Morgan fingerprint density at radius 3 is 2.54 bits per heavy atom. The number of likely N-dealkylation sites (tertiary alicyclic amines) is 1. The van der Waals surface area contributed by atoms with Crippen LogP contribution < -0.4 is 9.47 Å². The minimum atomic E-state index is -0.143. The van der Waals surface area contributed by atoms with Gasteiger partial charge in [-0.15, -0.1) is 0 Å². The van der Waals surface area contributed by atoms with Gasteiger partial charge < -0.3 is 24.5 Å². The van der Waals surface area contributed by atoms with Crippen molar-refractivity contribution in [2.45, 2.75) is 44.2 Å². The first-order valence-electron chi connectivity index (χ1n) is 12.5. The van der Waals surface area contributed by atoms with Crippen molar-refractivity contribution in [3.8, 4) is 11.5 Å². The average molecular weight is 478 g/mol. The number of nitrogens with zero attached hydrogens (tertiary/aromatic N) is 2. The van der Waals surface area contributed by atoms with Gasteiger partial charge in [0.2, 0.25) is 5.91 Å². The van der Waals surface area contributed by atoms with Gasteiger partial charge >= 0.3 is 0 Å². The molecule has 35 heavy (non-hydrogen) atoms. The largest absolute Gasteiger partial charge is 0.497 e. The Morgan fingerprint density at radius 1 is 1.11 bits per heavy atom. The molecule has 5 rings (SSSR count). The molecule has 3 aromatic rings. The standard InChI is InChI=1S/C28H35N3O4/c1-4-25(33)30-12-10-28(11-13-30)18-31(16-19-6-5-7-20(14-19)34-2)24(17-32)27-26(28)22-9-8-21(35-3)15-23(22)29-27/h5-9,14-15,24,29,32H,4,10-13,16-18H2,1-3H3/t24-/m0/s1. The van der Waals surface area contributed by atoms with Gasteiger partial charge in [0.05, 0.1) is 26.9 Å². The summed E-state index contributed by atoms with van der Waals surface area (Å²) in [5.74, 6) is 1.86. The Kier molecular flexibility index (Phi) is 6.47. The van der Waals surface area contributed by atoms with E-state index in [0.717, 1.165) is 60.7 Å². The topological polar surface area (TPSA) is 78.0 Å². The smallest absolute Gasteiger partial charge is 0.222 e. The molecule has 1 atom stereocenters. The highest BCUT2D eigenvalue weighted by atomic mass is 16.5. The van der Waals surface area contributed by atoms with Crippen molar-refractivity contribution in [1.82, 2.24) is 14.8 Å². The number of aromatic amines is 1. The van der Waals surface area contributed by atoms with Crippen molar-refractivity contribution in [1.29, 1.82) is 0 Å². The lowest BCUT2D eigenvalue weighted by atomic mass is 9.68. The van der Waals surface area contributed by atoms with Crippen LogP contribution in [-0.2, 0) is 16.8 Å². The van der Waals surface area contributed by atoms with Gasteiger partial charge in [-0.1, -0.05) is 19.1 Å². The van der Waals surface area contributed by atoms with Crippen LogP contribution in [0, 0.1) is 0 Å². The zero-order valence-electron chi connectivity index (χ0n) is 20.8. The fourth-order valence-corrected chi connectivity index (χ4v) is 6.10. The number of nitrogens with one attached hydrogen (secondary N) is 1. The number of piperidine rings is 1. The molecule has 1 fully saturated rings. The van der Waals surface area contributed by atoms with E-state index in [4.69, 9.17) is 9.47 Å². The van der Waals surface area contributed by atoms with Crippen LogP contribution in [0.3, 0.4) is 0 Å². The highest BCUT2D eigenvalue weighted by molar-refractivity contribution is 5.88. The van der Waals surface area contributed by atoms with E-state index in [0.29, 0.717) is 13.0 Å². The third-order valence-electron chi connectivity index (χ3n) is 7.91. The number of aromatic nitrogens is 1. The van der Waals surface area contributed by atoms with E-state index in [9.17, 15) is 9.90 Å². The molecule has 2 N–H and O–H groups in total. The zero-order chi connectivity index (χ0) is 24.6. The summed E-state index contributed by atoms with van der Waals surface area (Å²) in [6, 6.07) is 14.2. The first-order chi connectivity index (χ1) is 17.0. The number of H-pyrrole nitrogens is 1. The van der Waals surface area contributed by atoms with Crippen molar-refractivity contribution in [2.24, 2.45) is 0 Å². The number of hydrogen-bond donors (Lipinski definition) is 2. The van der Waals surface area contributed by atoms with E-state index in [2.05, 4.69) is 28.1 Å². The lowest BCUT2D eigenvalue weighted by Gasteiger charge is -2.50. The van der Waals surface area contributed by atoms with Gasteiger partial charge in [0.1, 0.15) is 11.5 Å². The maximum absolute atomic E-state index is 12.4. The van der Waals surface area contributed by atoms with E-state index < -0.39 is 0 Å². The fourth-order valence-electron chi connectivity index (χ4n) is 6.10. The number of rotatable bonds is 6. The van der Waals surface area contributed by atoms with Crippen LogP contribution in [0.15, 0.2) is 42.5 Å². The Hall–Kier alpha value is -3.03. The highest BCUT2D eigenvalue weighted by Crippen LogP contribution is 2.49. The van der Waals surface area contributed by atoms with Crippen molar-refractivity contribution < 1.29 is 19.4 Å². The Labute approximate surface area is 206 Å². The maximum atomic E-state index is 12.4. The summed E-state index contributed by atoms with van der Waals surface area (Å²) in [5, 5.41) is 11.8. The van der Waals surface area contributed by atoms with Crippen molar-refractivity contribution in [3.05, 3.63) is 59.3 Å². The molecular formula is C28H35N3O4. The van der Waals surface area contributed by atoms with Crippen molar-refractivity contribution in [3.63, 3.8) is 0 Å². The molecular weight excluding hydrogens is 442 g/mol. The first-order valence-corrected chi connectivity index (χ1v) is 12.5. The third kappa shape index (κ3) is 4.17. The highest BCUT2D eigenvalue weighted by Gasteiger charge is 2.47. The summed E-state index contributed by atoms with van der Waals surface area (Å²) in [6.45, 7) is 5.00. The number of carbonyl (C=O) groups is 1. The van der Waals surface area contributed by atoms with E-state index in [1.54, 1.807) is 14.2 Å². The lowest BCUT2D eigenvalue weighted by Crippen LogP contribution is -2.54. The van der Waals surface area contributed by atoms with E-state index in [-0.39, 0.29) is 24.0 Å². The maximum Gasteiger partial charge on any atom is 0.222 e. The molecule has 0 aliphatic carbocycles. The number of aliphatic hydroxyl groups excluding tert-OH is 1. The molecule has 1 amide bonds. The molecule has 7 heteroatoms. The van der Waals surface area contributed by atoms with Crippen molar-refractivity contribution in [2.75, 3.05) is 40.5 Å². The quantitative estimate of drug-likeness (QED) is 0.561. The molecule has 0 saturated carbocycles. The zero-order valence-corrected chi connectivity index (χ0v) is 20.8. The number of carbonyl (C=O) groups excluding carboxylic acids is 1. The minimum Gasteiger partial charge on any atom is -0.497 e. The summed E-state index contributed by atoms with van der Waals surface area (Å²) in [4.78, 5) is 20.5. The molecule has 2 aliphatic heterocycles. The van der Waals surface area contributed by atoms with Gasteiger partial charge in [-0.05, 0) is 48.2 Å². The minimum absolute atomic E-state index is 0.0252. The summed E-state index contributed by atoms with van der Waals surface area (Å²) in [5.41, 5.74) is 4.47. The Bertz CT molecular complexity index is 1210. The number of hydrogen-bond acceptors (Lipinski definition) is 5. The third-order valence-corrected chi connectivity index (χ3v) is 7.91. The molecule has 0 unspecified atom stereocenters. The normalized spacial score (nSPS) is 19.7. The predicted molar refractivity (Wildman–Crippen MR) is 136 cm³/mol. The summed E-state index contributed by atoms with van der Waals surface area (Å²) in [7, 11) is 3.36. The fraction of sp³-hybridized carbons (Fsp3) is 0.464. The molecule has 1 spiro atoms. The SMILES string of the molecule is CCC(=O)N1CCC2(CC1)CN(Cc1cccc(OC)c1)[C@@H](CO)c1[nH]c3cc(OC)ccc3c12. The van der Waals surface area contributed by atoms with Gasteiger partial charge in [0.25, 0.3) is 0 Å². The molecule has 186 valence electrons. The van der Waals surface area contributed by atoms with E-state index >= 15 is 0 Å². The van der Waals surface area contributed by atoms with Gasteiger partial charge in [0, 0.05) is 60.7 Å². The molecule has 3 heterocycles. The Balaban J connectivity index is 1.58. The van der Waals surface area contributed by atoms with Gasteiger partial charge in [0.15, 0.2) is 0 Å². The van der Waals surface area contributed by atoms with Crippen LogP contribution in [0.25, 0.3) is 10.9 Å². The number of aliphatic hydroxyl groups is 1. The number of benzene rings is 2. The number of ether oxygens (including phenoxy) is 2. The second-order valence-electron chi connectivity index (χ2n) is 9.79. The summed E-state index contributed by atoms with van der Waals surface area (Å²) in [6.07, 6.45) is 2.34. The summed E-state index contributed by atoms with van der Waals surface area (Å²) >= 11 is 0. The molecule has 0 bridgehead atoms. The van der Waals surface area contributed by atoms with E-state index in [1.165, 1.54) is 10.9 Å². The Morgan fingerprint density at radius 2 is 1.86 bits per heavy atom. The van der Waals surface area contributed by atoms with Gasteiger partial charge in [-0.3, -0.25) is 9.69 Å². The van der Waals surface area contributed by atoms with Gasteiger partial charge in [-0.2, -0.15) is 0 Å². The lowest BCUT2D eigenvalue weighted by molar-refractivity contribution is -0.132. The predicted octanol–water partition coefficient (Wildman–Crippen LogP) is 4.00. The monoisotopic (exact) mass is 477 g/mol. The first kappa shape index (κ1) is 23.7. The van der Waals surface area contributed by atoms with Crippen LogP contribution in [0.5, 0.6) is 11.5 Å². The van der Waals surface area contributed by atoms with Crippen LogP contribution in [0.1, 0.15) is 49.0 Å². The molecule has 2 aromatic carbocycles. The van der Waals surface area contributed by atoms with Crippen LogP contribution >= 0.6 is 0 Å². The van der Waals surface area contributed by atoms with Crippen LogP contribution in [-0.4, -0.2) is 66.3 Å². The van der Waals surface area contributed by atoms with Crippen LogP contribution in [0.4, 0.5) is 0 Å². The molecule has 1 aromatic heterocycles. The average Bonchev–Trinajstić information content (AvgIpc) is 3.28. The molecule has 1 saturated heterocycles. The van der Waals surface area contributed by atoms with Crippen molar-refractivity contribution >= 4 is 16.8 Å². The second-order valence-corrected chi connectivity index (χ2v) is 9.79. The summed E-state index contributed by atoms with van der Waals surface area (Å²) < 4.78 is 10.9. The van der Waals surface area contributed by atoms with E-state index in [1.807, 2.05) is 36.1 Å². The van der Waals surface area contributed by atoms with Gasteiger partial charge in [-0.25, -0.2) is 0 Å².